The molecule has 0 saturated heterocycles. The van der Waals surface area contributed by atoms with E-state index in [1.54, 1.807) is 7.11 Å². The molecule has 1 aromatic carbocycles. The van der Waals surface area contributed by atoms with Crippen molar-refractivity contribution in [3.05, 3.63) is 29.3 Å². The van der Waals surface area contributed by atoms with Crippen LogP contribution >= 0.6 is 0 Å². The molecular formula is C18H27N3O. The fourth-order valence-corrected chi connectivity index (χ4v) is 3.66. The average Bonchev–Trinajstić information content (AvgIpc) is 2.50. The van der Waals surface area contributed by atoms with Crippen LogP contribution in [0.3, 0.4) is 0 Å². The van der Waals surface area contributed by atoms with Gasteiger partial charge in [-0.15, -0.1) is 0 Å². The van der Waals surface area contributed by atoms with E-state index < -0.39 is 0 Å². The lowest BCUT2D eigenvalue weighted by atomic mass is 9.69. The smallest absolute Gasteiger partial charge is 0.193 e. The monoisotopic (exact) mass is 301 g/mol. The number of methoxy groups -OCH3 is 1. The molecule has 0 heterocycles. The van der Waals surface area contributed by atoms with E-state index in [-0.39, 0.29) is 5.41 Å². The van der Waals surface area contributed by atoms with Gasteiger partial charge in [-0.25, -0.2) is 0 Å². The molecule has 2 aliphatic carbocycles. The zero-order valence-electron chi connectivity index (χ0n) is 13.5. The van der Waals surface area contributed by atoms with Gasteiger partial charge >= 0.3 is 0 Å². The Kier molecular flexibility index (Phi) is 4.67. The van der Waals surface area contributed by atoms with Crippen LogP contribution in [-0.4, -0.2) is 26.2 Å². The summed E-state index contributed by atoms with van der Waals surface area (Å²) in [5, 5.41) is 3.32. The first kappa shape index (κ1) is 15.3. The molecule has 0 spiro atoms. The average molecular weight is 301 g/mol. The molecule has 1 fully saturated rings. The van der Waals surface area contributed by atoms with Crippen molar-refractivity contribution in [1.82, 2.24) is 0 Å². The second-order valence-electron chi connectivity index (χ2n) is 6.76. The predicted octanol–water partition coefficient (Wildman–Crippen LogP) is 3.11. The molecule has 0 bridgehead atoms. The van der Waals surface area contributed by atoms with Crippen molar-refractivity contribution in [1.29, 1.82) is 0 Å². The van der Waals surface area contributed by atoms with Crippen LogP contribution in [0.2, 0.25) is 0 Å². The van der Waals surface area contributed by atoms with Crippen LogP contribution in [0.15, 0.2) is 23.2 Å². The van der Waals surface area contributed by atoms with Crippen molar-refractivity contribution in [3.8, 4) is 0 Å². The third kappa shape index (κ3) is 3.27. The number of rotatable bonds is 5. The minimum atomic E-state index is 0.219. The minimum absolute atomic E-state index is 0.219. The number of benzene rings is 1. The molecule has 1 aromatic rings. The number of nitrogens with zero attached hydrogens (tertiary/aromatic N) is 1. The largest absolute Gasteiger partial charge is 0.384 e. The van der Waals surface area contributed by atoms with Crippen LogP contribution < -0.4 is 11.1 Å². The standard InChI is InChI=1S/C18H27N3O/c1-22-13-18(10-5-11-18)12-20-17(19)21-16-9-4-7-14-6-2-3-8-15(14)16/h4,7,9H,2-3,5-6,8,10-13H2,1H3,(H3,19,20,21). The third-order valence-electron chi connectivity index (χ3n) is 5.11. The summed E-state index contributed by atoms with van der Waals surface area (Å²) in [6, 6.07) is 6.45. The number of hydrogen-bond donors (Lipinski definition) is 2. The van der Waals surface area contributed by atoms with Gasteiger partial charge in [0.1, 0.15) is 0 Å². The van der Waals surface area contributed by atoms with Gasteiger partial charge in [0.05, 0.1) is 13.2 Å². The van der Waals surface area contributed by atoms with Gasteiger partial charge < -0.3 is 15.8 Å². The number of guanidine groups is 1. The minimum Gasteiger partial charge on any atom is -0.384 e. The molecule has 4 nitrogen and oxygen atoms in total. The molecule has 0 amide bonds. The van der Waals surface area contributed by atoms with Gasteiger partial charge in [-0.3, -0.25) is 4.99 Å². The summed E-state index contributed by atoms with van der Waals surface area (Å²) in [6.45, 7) is 1.54. The second kappa shape index (κ2) is 6.69. The molecule has 0 atom stereocenters. The van der Waals surface area contributed by atoms with Crippen LogP contribution in [0.5, 0.6) is 0 Å². The summed E-state index contributed by atoms with van der Waals surface area (Å²) in [7, 11) is 1.77. The van der Waals surface area contributed by atoms with Gasteiger partial charge in [0.15, 0.2) is 5.96 Å². The van der Waals surface area contributed by atoms with E-state index in [9.17, 15) is 0 Å². The molecule has 0 unspecified atom stereocenters. The highest BCUT2D eigenvalue weighted by molar-refractivity contribution is 5.93. The molecule has 1 saturated carbocycles. The third-order valence-corrected chi connectivity index (χ3v) is 5.11. The summed E-state index contributed by atoms with van der Waals surface area (Å²) in [6.07, 6.45) is 8.53. The first-order valence-corrected chi connectivity index (χ1v) is 8.39. The lowest BCUT2D eigenvalue weighted by Gasteiger charge is -2.40. The fourth-order valence-electron chi connectivity index (χ4n) is 3.66. The van der Waals surface area contributed by atoms with E-state index >= 15 is 0 Å². The van der Waals surface area contributed by atoms with E-state index in [0.717, 1.165) is 25.3 Å². The molecule has 0 aliphatic heterocycles. The lowest BCUT2D eigenvalue weighted by molar-refractivity contribution is 0.0253. The highest BCUT2D eigenvalue weighted by atomic mass is 16.5. The van der Waals surface area contributed by atoms with Gasteiger partial charge in [0.25, 0.3) is 0 Å². The van der Waals surface area contributed by atoms with E-state index in [4.69, 9.17) is 10.5 Å². The van der Waals surface area contributed by atoms with Crippen molar-refractivity contribution >= 4 is 11.6 Å². The van der Waals surface area contributed by atoms with Gasteiger partial charge in [0.2, 0.25) is 0 Å². The van der Waals surface area contributed by atoms with Crippen LogP contribution in [0.4, 0.5) is 5.69 Å². The van der Waals surface area contributed by atoms with Crippen LogP contribution in [0.1, 0.15) is 43.2 Å². The predicted molar refractivity (Wildman–Crippen MR) is 91.4 cm³/mol. The van der Waals surface area contributed by atoms with Crippen LogP contribution in [0.25, 0.3) is 0 Å². The first-order chi connectivity index (χ1) is 10.7. The normalized spacial score (nSPS) is 20.1. The van der Waals surface area contributed by atoms with Gasteiger partial charge in [0, 0.05) is 18.2 Å². The quantitative estimate of drug-likeness (QED) is 0.649. The molecule has 3 N–H and O–H groups in total. The fraction of sp³-hybridized carbons (Fsp3) is 0.611. The van der Waals surface area contributed by atoms with Crippen molar-refractivity contribution in [2.24, 2.45) is 16.1 Å². The number of fused-ring (bicyclic) bond motifs is 1. The Labute approximate surface area is 133 Å². The van der Waals surface area contributed by atoms with E-state index in [1.165, 1.54) is 49.7 Å². The Bertz CT molecular complexity index is 549. The van der Waals surface area contributed by atoms with Crippen molar-refractivity contribution in [2.75, 3.05) is 25.6 Å². The maximum Gasteiger partial charge on any atom is 0.193 e. The topological polar surface area (TPSA) is 59.6 Å². The van der Waals surface area contributed by atoms with Crippen molar-refractivity contribution < 1.29 is 4.74 Å². The molecule has 22 heavy (non-hydrogen) atoms. The second-order valence-corrected chi connectivity index (χ2v) is 6.76. The van der Waals surface area contributed by atoms with Gasteiger partial charge in [-0.2, -0.15) is 0 Å². The van der Waals surface area contributed by atoms with Crippen molar-refractivity contribution in [3.63, 3.8) is 0 Å². The molecular weight excluding hydrogens is 274 g/mol. The Morgan fingerprint density at radius 3 is 2.82 bits per heavy atom. The highest BCUT2D eigenvalue weighted by Crippen LogP contribution is 2.41. The van der Waals surface area contributed by atoms with E-state index in [1.807, 2.05) is 0 Å². The number of nitrogens with one attached hydrogen (secondary N) is 1. The first-order valence-electron chi connectivity index (χ1n) is 8.39. The number of aliphatic imine (C=N–C) groups is 1. The Morgan fingerprint density at radius 2 is 2.09 bits per heavy atom. The van der Waals surface area contributed by atoms with E-state index in [2.05, 4.69) is 28.5 Å². The summed E-state index contributed by atoms with van der Waals surface area (Å²) < 4.78 is 5.34. The zero-order chi connectivity index (χ0) is 15.4. The highest BCUT2D eigenvalue weighted by Gasteiger charge is 2.36. The lowest BCUT2D eigenvalue weighted by Crippen LogP contribution is -2.38. The Morgan fingerprint density at radius 1 is 1.27 bits per heavy atom. The number of anilines is 1. The molecule has 0 radical (unpaired) electrons. The maximum atomic E-state index is 6.12. The Balaban J connectivity index is 1.66. The number of hydrogen-bond acceptors (Lipinski definition) is 2. The molecule has 4 heteroatoms. The maximum absolute atomic E-state index is 6.12. The number of ether oxygens (including phenoxy) is 1. The summed E-state index contributed by atoms with van der Waals surface area (Å²) >= 11 is 0. The summed E-state index contributed by atoms with van der Waals surface area (Å²) in [4.78, 5) is 4.58. The molecule has 3 rings (SSSR count). The Hall–Kier alpha value is -1.55. The number of aryl methyl sites for hydroxylation is 1. The van der Waals surface area contributed by atoms with E-state index in [0.29, 0.717) is 5.96 Å². The van der Waals surface area contributed by atoms with Gasteiger partial charge in [-0.05, 0) is 55.7 Å². The summed E-state index contributed by atoms with van der Waals surface area (Å²) in [5.41, 5.74) is 10.3. The van der Waals surface area contributed by atoms with Crippen LogP contribution in [-0.2, 0) is 17.6 Å². The summed E-state index contributed by atoms with van der Waals surface area (Å²) in [5.74, 6) is 0.529. The SMILES string of the molecule is COCC1(CN=C(N)Nc2cccc3c2CCCC3)CCC1. The zero-order valence-corrected chi connectivity index (χ0v) is 13.5. The molecule has 2 aliphatic rings. The van der Waals surface area contributed by atoms with Crippen LogP contribution in [0, 0.1) is 5.41 Å². The number of nitrogens with two attached hydrogens (primary N) is 1. The molecule has 120 valence electrons. The van der Waals surface area contributed by atoms with Crippen molar-refractivity contribution in [2.45, 2.75) is 44.9 Å². The molecule has 0 aromatic heterocycles. The van der Waals surface area contributed by atoms with Gasteiger partial charge in [-0.1, -0.05) is 18.6 Å².